The number of nitrogens with zero attached hydrogens (tertiary/aromatic N) is 4. The number of amides is 1. The Morgan fingerprint density at radius 2 is 1.95 bits per heavy atom. The van der Waals surface area contributed by atoms with Crippen LogP contribution in [0.5, 0.6) is 0 Å². The molecule has 5 heteroatoms. The molecule has 1 aliphatic rings. The zero-order valence-electron chi connectivity index (χ0n) is 11.4. The Balaban J connectivity index is 2.32. The molecule has 1 saturated heterocycles. The van der Waals surface area contributed by atoms with Crippen molar-refractivity contribution in [3.05, 3.63) is 29.8 Å². The first-order valence-electron chi connectivity index (χ1n) is 6.56. The molecule has 1 aromatic rings. The third kappa shape index (κ3) is 2.73. The van der Waals surface area contributed by atoms with E-state index in [1.165, 1.54) is 0 Å². The van der Waals surface area contributed by atoms with Gasteiger partial charge in [0.1, 0.15) is 6.04 Å². The van der Waals surface area contributed by atoms with Crippen LogP contribution in [0.3, 0.4) is 0 Å². The van der Waals surface area contributed by atoms with Gasteiger partial charge in [-0.3, -0.25) is 4.79 Å². The molecule has 2 rings (SSSR count). The number of likely N-dealkylation sites (N-methyl/N-ethyl adjacent to an activating group) is 1. The lowest BCUT2D eigenvalue weighted by atomic mass is 10.1. The van der Waals surface area contributed by atoms with Crippen LogP contribution >= 0.6 is 0 Å². The summed E-state index contributed by atoms with van der Waals surface area (Å²) in [6, 6.07) is 10.9. The van der Waals surface area contributed by atoms with Gasteiger partial charge in [-0.15, -0.1) is 0 Å². The van der Waals surface area contributed by atoms with Crippen molar-refractivity contribution >= 4 is 11.6 Å². The van der Waals surface area contributed by atoms with E-state index in [1.807, 2.05) is 17.0 Å². The van der Waals surface area contributed by atoms with E-state index in [2.05, 4.69) is 12.1 Å². The summed E-state index contributed by atoms with van der Waals surface area (Å²) in [7, 11) is 1.77. The van der Waals surface area contributed by atoms with Crippen LogP contribution in [-0.2, 0) is 4.79 Å². The molecule has 0 spiro atoms. The van der Waals surface area contributed by atoms with Crippen LogP contribution in [0, 0.1) is 22.7 Å². The Morgan fingerprint density at radius 1 is 1.25 bits per heavy atom. The van der Waals surface area contributed by atoms with Crippen molar-refractivity contribution in [2.24, 2.45) is 0 Å². The number of rotatable bonds is 2. The maximum absolute atomic E-state index is 12.3. The van der Waals surface area contributed by atoms with E-state index < -0.39 is 6.04 Å². The van der Waals surface area contributed by atoms with Crippen LogP contribution in [0.15, 0.2) is 24.3 Å². The summed E-state index contributed by atoms with van der Waals surface area (Å²) < 4.78 is 0. The number of carbonyl (C=O) groups is 1. The highest BCUT2D eigenvalue weighted by Gasteiger charge is 2.31. The van der Waals surface area contributed by atoms with E-state index in [0.29, 0.717) is 12.1 Å². The van der Waals surface area contributed by atoms with E-state index in [0.717, 1.165) is 18.7 Å². The third-order valence-corrected chi connectivity index (χ3v) is 3.54. The van der Waals surface area contributed by atoms with Crippen LogP contribution in [0.1, 0.15) is 18.4 Å². The highest BCUT2D eigenvalue weighted by Crippen LogP contribution is 2.23. The second kappa shape index (κ2) is 6.08. The summed E-state index contributed by atoms with van der Waals surface area (Å²) in [5.74, 6) is -0.0200. The van der Waals surface area contributed by atoms with Crippen molar-refractivity contribution in [1.82, 2.24) is 4.90 Å². The predicted molar refractivity (Wildman–Crippen MR) is 74.8 cm³/mol. The smallest absolute Gasteiger partial charge is 0.246 e. The molecule has 102 valence electrons. The average Bonchev–Trinajstić information content (AvgIpc) is 2.61. The maximum atomic E-state index is 12.3. The topological polar surface area (TPSA) is 71.1 Å². The molecule has 0 aliphatic carbocycles. The lowest BCUT2D eigenvalue weighted by Gasteiger charge is -2.30. The van der Waals surface area contributed by atoms with E-state index in [1.54, 1.807) is 24.1 Å². The molecule has 0 N–H and O–H groups in total. The first kappa shape index (κ1) is 13.9. The summed E-state index contributed by atoms with van der Waals surface area (Å²) in [5.41, 5.74) is 1.47. The summed E-state index contributed by atoms with van der Waals surface area (Å²) >= 11 is 0. The minimum atomic E-state index is -0.444. The second-order valence-electron chi connectivity index (χ2n) is 4.84. The molecule has 0 aromatic heterocycles. The Kier molecular flexibility index (Phi) is 4.22. The molecule has 0 saturated carbocycles. The van der Waals surface area contributed by atoms with Crippen molar-refractivity contribution in [2.45, 2.75) is 18.9 Å². The van der Waals surface area contributed by atoms with E-state index in [4.69, 9.17) is 10.5 Å². The number of nitriles is 2. The molecule has 0 radical (unpaired) electrons. The highest BCUT2D eigenvalue weighted by atomic mass is 16.2. The fourth-order valence-electron chi connectivity index (χ4n) is 2.45. The monoisotopic (exact) mass is 268 g/mol. The first-order valence-corrected chi connectivity index (χ1v) is 6.56. The number of carbonyl (C=O) groups excluding carboxylic acids is 1. The standard InChI is InChI=1S/C15H16N4O/c1-18-9-2-10-19(14(7-8-16)15(18)20)13-5-3-12(11-17)4-6-13/h3-6,14H,2,7,9-10H2,1H3. The van der Waals surface area contributed by atoms with E-state index >= 15 is 0 Å². The van der Waals surface area contributed by atoms with Crippen molar-refractivity contribution in [3.8, 4) is 12.1 Å². The summed E-state index contributed by atoms with van der Waals surface area (Å²) in [6.45, 7) is 1.43. The Bertz CT molecular complexity index is 567. The van der Waals surface area contributed by atoms with Gasteiger partial charge in [0.25, 0.3) is 0 Å². The lowest BCUT2D eigenvalue weighted by molar-refractivity contribution is -0.130. The van der Waals surface area contributed by atoms with Crippen molar-refractivity contribution in [2.75, 3.05) is 25.0 Å². The van der Waals surface area contributed by atoms with Crippen LogP contribution in [-0.4, -0.2) is 37.0 Å². The predicted octanol–water partition coefficient (Wildman–Crippen LogP) is 1.51. The van der Waals surface area contributed by atoms with Gasteiger partial charge < -0.3 is 9.80 Å². The number of benzene rings is 1. The van der Waals surface area contributed by atoms with Crippen LogP contribution in [0.4, 0.5) is 5.69 Å². The van der Waals surface area contributed by atoms with Gasteiger partial charge >= 0.3 is 0 Å². The fraction of sp³-hybridized carbons (Fsp3) is 0.400. The molecule has 1 atom stereocenters. The van der Waals surface area contributed by atoms with Gasteiger partial charge in [-0.05, 0) is 30.7 Å². The second-order valence-corrected chi connectivity index (χ2v) is 4.84. The summed E-state index contributed by atoms with van der Waals surface area (Å²) in [6.07, 6.45) is 1.04. The lowest BCUT2D eigenvalue weighted by Crippen LogP contribution is -2.44. The molecular weight excluding hydrogens is 252 g/mol. The summed E-state index contributed by atoms with van der Waals surface area (Å²) in [5, 5.41) is 17.8. The van der Waals surface area contributed by atoms with E-state index in [-0.39, 0.29) is 12.3 Å². The zero-order chi connectivity index (χ0) is 14.5. The molecule has 20 heavy (non-hydrogen) atoms. The highest BCUT2D eigenvalue weighted by molar-refractivity contribution is 5.86. The van der Waals surface area contributed by atoms with Crippen molar-refractivity contribution in [1.29, 1.82) is 10.5 Å². The Labute approximate surface area is 118 Å². The third-order valence-electron chi connectivity index (χ3n) is 3.54. The molecule has 5 nitrogen and oxygen atoms in total. The number of hydrogen-bond donors (Lipinski definition) is 0. The Hall–Kier alpha value is -2.53. The van der Waals surface area contributed by atoms with Crippen LogP contribution in [0.2, 0.25) is 0 Å². The van der Waals surface area contributed by atoms with Gasteiger partial charge in [0.05, 0.1) is 24.1 Å². The minimum absolute atomic E-state index is 0.0200. The van der Waals surface area contributed by atoms with Crippen LogP contribution in [0.25, 0.3) is 0 Å². The largest absolute Gasteiger partial charge is 0.359 e. The fourth-order valence-corrected chi connectivity index (χ4v) is 2.45. The molecular formula is C15H16N4O. The van der Waals surface area contributed by atoms with Crippen molar-refractivity contribution in [3.63, 3.8) is 0 Å². The van der Waals surface area contributed by atoms with Gasteiger partial charge in [0.2, 0.25) is 5.91 Å². The average molecular weight is 268 g/mol. The SMILES string of the molecule is CN1CCCN(c2ccc(C#N)cc2)C(CC#N)C1=O. The van der Waals surface area contributed by atoms with Gasteiger partial charge in [-0.2, -0.15) is 10.5 Å². The summed E-state index contributed by atoms with van der Waals surface area (Å²) in [4.78, 5) is 16.0. The van der Waals surface area contributed by atoms with Gasteiger partial charge in [-0.25, -0.2) is 0 Å². The zero-order valence-corrected chi connectivity index (χ0v) is 11.4. The molecule has 1 heterocycles. The molecule has 0 bridgehead atoms. The number of hydrogen-bond acceptors (Lipinski definition) is 4. The van der Waals surface area contributed by atoms with Gasteiger partial charge in [0, 0.05) is 25.8 Å². The van der Waals surface area contributed by atoms with Crippen molar-refractivity contribution < 1.29 is 4.79 Å². The van der Waals surface area contributed by atoms with Crippen LogP contribution < -0.4 is 4.90 Å². The molecule has 1 unspecified atom stereocenters. The molecule has 1 aromatic carbocycles. The van der Waals surface area contributed by atoms with Gasteiger partial charge in [0.15, 0.2) is 0 Å². The first-order chi connectivity index (χ1) is 9.67. The van der Waals surface area contributed by atoms with E-state index in [9.17, 15) is 4.79 Å². The molecule has 1 amide bonds. The molecule has 1 fully saturated rings. The Morgan fingerprint density at radius 3 is 2.55 bits per heavy atom. The molecule has 1 aliphatic heterocycles. The minimum Gasteiger partial charge on any atom is -0.359 e. The quantitative estimate of drug-likeness (QED) is 0.815. The normalized spacial score (nSPS) is 19.1. The van der Waals surface area contributed by atoms with Gasteiger partial charge in [-0.1, -0.05) is 0 Å². The number of anilines is 1. The maximum Gasteiger partial charge on any atom is 0.246 e.